The Bertz CT molecular complexity index is 368. The summed E-state index contributed by atoms with van der Waals surface area (Å²) in [6, 6.07) is 0. The van der Waals surface area contributed by atoms with Crippen LogP contribution >= 0.6 is 0 Å². The average Bonchev–Trinajstić information content (AvgIpc) is 2.43. The number of hydrogen-bond donors (Lipinski definition) is 0. The maximum Gasteiger partial charge on any atom is 0.308 e. The Morgan fingerprint density at radius 3 is 2.37 bits per heavy atom. The quantitative estimate of drug-likeness (QED) is 0.526. The molecule has 112 valence electrons. The van der Waals surface area contributed by atoms with E-state index >= 15 is 0 Å². The molecule has 1 aliphatic carbocycles. The van der Waals surface area contributed by atoms with Crippen molar-refractivity contribution in [1.29, 1.82) is 0 Å². The van der Waals surface area contributed by atoms with Gasteiger partial charge in [-0.1, -0.05) is 6.92 Å². The SMILES string of the molecule is CCS(=O)(=O)CCCOC1CCC(C(=O)OC)CC1. The highest BCUT2D eigenvalue weighted by molar-refractivity contribution is 7.91. The van der Waals surface area contributed by atoms with Crippen molar-refractivity contribution in [3.05, 3.63) is 0 Å². The third-order valence-corrected chi connectivity index (χ3v) is 5.39. The number of carbonyl (C=O) groups excluding carboxylic acids is 1. The largest absolute Gasteiger partial charge is 0.469 e. The van der Waals surface area contributed by atoms with E-state index in [1.54, 1.807) is 6.92 Å². The van der Waals surface area contributed by atoms with Gasteiger partial charge in [-0.05, 0) is 32.1 Å². The van der Waals surface area contributed by atoms with Gasteiger partial charge in [0.2, 0.25) is 0 Å². The third kappa shape index (κ3) is 5.91. The number of methoxy groups -OCH3 is 1. The highest BCUT2D eigenvalue weighted by Gasteiger charge is 2.27. The molecular weight excluding hydrogens is 268 g/mol. The van der Waals surface area contributed by atoms with Crippen molar-refractivity contribution in [3.8, 4) is 0 Å². The molecule has 0 atom stereocenters. The van der Waals surface area contributed by atoms with Gasteiger partial charge in [-0.25, -0.2) is 8.42 Å². The molecule has 0 aliphatic heterocycles. The van der Waals surface area contributed by atoms with Gasteiger partial charge in [-0.3, -0.25) is 4.79 Å². The number of esters is 1. The molecule has 0 bridgehead atoms. The van der Waals surface area contributed by atoms with Gasteiger partial charge >= 0.3 is 5.97 Å². The first-order valence-corrected chi connectivity index (χ1v) is 8.70. The van der Waals surface area contributed by atoms with E-state index in [0.717, 1.165) is 25.7 Å². The Morgan fingerprint density at radius 2 is 1.84 bits per heavy atom. The average molecular weight is 292 g/mol. The van der Waals surface area contributed by atoms with Crippen molar-refractivity contribution in [1.82, 2.24) is 0 Å². The summed E-state index contributed by atoms with van der Waals surface area (Å²) in [7, 11) is -1.47. The molecule has 0 N–H and O–H groups in total. The lowest BCUT2D eigenvalue weighted by atomic mass is 9.87. The Balaban J connectivity index is 2.15. The molecule has 1 aliphatic rings. The second-order valence-corrected chi connectivity index (χ2v) is 7.43. The molecule has 1 fully saturated rings. The van der Waals surface area contributed by atoms with Gasteiger partial charge in [-0.15, -0.1) is 0 Å². The molecule has 0 heterocycles. The molecule has 0 radical (unpaired) electrons. The van der Waals surface area contributed by atoms with Gasteiger partial charge in [0.1, 0.15) is 9.84 Å². The van der Waals surface area contributed by atoms with Crippen LogP contribution in [0, 0.1) is 5.92 Å². The molecule has 6 heteroatoms. The van der Waals surface area contributed by atoms with Crippen LogP contribution in [0.3, 0.4) is 0 Å². The van der Waals surface area contributed by atoms with Crippen LogP contribution in [0.4, 0.5) is 0 Å². The first-order chi connectivity index (χ1) is 8.98. The van der Waals surface area contributed by atoms with Crippen molar-refractivity contribution in [2.45, 2.75) is 45.1 Å². The van der Waals surface area contributed by atoms with Crippen LogP contribution in [0.15, 0.2) is 0 Å². The zero-order chi connectivity index (χ0) is 14.3. The minimum Gasteiger partial charge on any atom is -0.469 e. The summed E-state index contributed by atoms with van der Waals surface area (Å²) in [4.78, 5) is 11.3. The molecule has 1 saturated carbocycles. The highest BCUT2D eigenvalue weighted by atomic mass is 32.2. The van der Waals surface area contributed by atoms with E-state index in [1.165, 1.54) is 7.11 Å². The molecule has 0 aromatic carbocycles. The zero-order valence-corrected chi connectivity index (χ0v) is 12.6. The van der Waals surface area contributed by atoms with Crippen LogP contribution in [-0.4, -0.2) is 45.7 Å². The minimum absolute atomic E-state index is 0.00493. The lowest BCUT2D eigenvalue weighted by Gasteiger charge is -2.26. The fraction of sp³-hybridized carbons (Fsp3) is 0.923. The van der Waals surface area contributed by atoms with E-state index in [1.807, 2.05) is 0 Å². The third-order valence-electron chi connectivity index (χ3n) is 3.60. The van der Waals surface area contributed by atoms with Crippen LogP contribution in [0.1, 0.15) is 39.0 Å². The Kier molecular flexibility index (Phi) is 6.79. The van der Waals surface area contributed by atoms with Gasteiger partial charge in [-0.2, -0.15) is 0 Å². The molecule has 0 spiro atoms. The fourth-order valence-electron chi connectivity index (χ4n) is 2.31. The molecular formula is C13H24O5S. The standard InChI is InChI=1S/C13H24O5S/c1-3-19(15,16)10-4-9-18-12-7-5-11(6-8-12)13(14)17-2/h11-12H,3-10H2,1-2H3. The zero-order valence-electron chi connectivity index (χ0n) is 11.8. The summed E-state index contributed by atoms with van der Waals surface area (Å²) in [6.07, 6.45) is 3.99. The first-order valence-electron chi connectivity index (χ1n) is 6.88. The molecule has 0 saturated heterocycles. The van der Waals surface area contributed by atoms with E-state index in [2.05, 4.69) is 0 Å². The maximum atomic E-state index is 11.3. The minimum atomic E-state index is -2.89. The molecule has 0 aromatic rings. The van der Waals surface area contributed by atoms with Crippen LogP contribution in [0.5, 0.6) is 0 Å². The van der Waals surface area contributed by atoms with Crippen LogP contribution in [0.25, 0.3) is 0 Å². The first kappa shape index (κ1) is 16.4. The van der Waals surface area contributed by atoms with Gasteiger partial charge < -0.3 is 9.47 Å². The van der Waals surface area contributed by atoms with Crippen molar-refractivity contribution in [2.24, 2.45) is 5.92 Å². The summed E-state index contributed by atoms with van der Waals surface area (Å²) in [5.41, 5.74) is 0. The van der Waals surface area contributed by atoms with Crippen molar-refractivity contribution in [3.63, 3.8) is 0 Å². The molecule has 0 aromatic heterocycles. The number of rotatable bonds is 7. The van der Waals surface area contributed by atoms with Crippen LogP contribution in [0.2, 0.25) is 0 Å². The summed E-state index contributed by atoms with van der Waals surface area (Å²) in [5, 5.41) is 0. The summed E-state index contributed by atoms with van der Waals surface area (Å²) < 4.78 is 33.0. The van der Waals surface area contributed by atoms with E-state index in [-0.39, 0.29) is 29.5 Å². The summed E-state index contributed by atoms with van der Waals surface area (Å²) in [5.74, 6) is 0.260. The van der Waals surface area contributed by atoms with E-state index < -0.39 is 9.84 Å². The van der Waals surface area contributed by atoms with Crippen molar-refractivity contribution < 1.29 is 22.7 Å². The number of ether oxygens (including phenoxy) is 2. The lowest BCUT2D eigenvalue weighted by Crippen LogP contribution is -2.27. The van der Waals surface area contributed by atoms with Gasteiger partial charge in [0, 0.05) is 12.4 Å². The van der Waals surface area contributed by atoms with Crippen molar-refractivity contribution >= 4 is 15.8 Å². The van der Waals surface area contributed by atoms with E-state index in [9.17, 15) is 13.2 Å². The normalized spacial score (nSPS) is 24.1. The number of hydrogen-bond acceptors (Lipinski definition) is 5. The number of sulfone groups is 1. The topological polar surface area (TPSA) is 69.7 Å². The highest BCUT2D eigenvalue weighted by Crippen LogP contribution is 2.27. The molecule has 0 unspecified atom stereocenters. The molecule has 5 nitrogen and oxygen atoms in total. The molecule has 1 rings (SSSR count). The number of carbonyl (C=O) groups is 1. The van der Waals surface area contributed by atoms with E-state index in [4.69, 9.17) is 9.47 Å². The summed E-state index contributed by atoms with van der Waals surface area (Å²) >= 11 is 0. The fourth-order valence-corrected chi connectivity index (χ4v) is 3.15. The second kappa shape index (κ2) is 7.85. The Labute approximate surface area is 115 Å². The maximum absolute atomic E-state index is 11.3. The Hall–Kier alpha value is -0.620. The van der Waals surface area contributed by atoms with Crippen LogP contribution < -0.4 is 0 Å². The monoisotopic (exact) mass is 292 g/mol. The van der Waals surface area contributed by atoms with E-state index in [0.29, 0.717) is 13.0 Å². The lowest BCUT2D eigenvalue weighted by molar-refractivity contribution is -0.147. The summed E-state index contributed by atoms with van der Waals surface area (Å²) in [6.45, 7) is 2.14. The van der Waals surface area contributed by atoms with Gasteiger partial charge in [0.25, 0.3) is 0 Å². The smallest absolute Gasteiger partial charge is 0.308 e. The predicted octanol–water partition coefficient (Wildman–Crippen LogP) is 1.56. The van der Waals surface area contributed by atoms with Crippen LogP contribution in [-0.2, 0) is 24.1 Å². The van der Waals surface area contributed by atoms with Gasteiger partial charge in [0.15, 0.2) is 0 Å². The Morgan fingerprint density at radius 1 is 1.21 bits per heavy atom. The van der Waals surface area contributed by atoms with Crippen molar-refractivity contribution in [2.75, 3.05) is 25.2 Å². The van der Waals surface area contributed by atoms with Gasteiger partial charge in [0.05, 0.1) is 24.9 Å². The predicted molar refractivity (Wildman–Crippen MR) is 72.7 cm³/mol. The second-order valence-electron chi connectivity index (χ2n) is 4.96. The molecule has 19 heavy (non-hydrogen) atoms. The molecule has 0 amide bonds.